The quantitative estimate of drug-likeness (QED) is 0.765. The number of nitrogens with zero attached hydrogens (tertiary/aromatic N) is 3. The van der Waals surface area contributed by atoms with Gasteiger partial charge in [-0.25, -0.2) is 9.97 Å². The number of nitrogens with one attached hydrogen (secondary N) is 1. The predicted octanol–water partition coefficient (Wildman–Crippen LogP) is 1.81. The Morgan fingerprint density at radius 3 is 2.76 bits per heavy atom. The summed E-state index contributed by atoms with van der Waals surface area (Å²) in [5, 5.41) is 3.16. The van der Waals surface area contributed by atoms with E-state index >= 15 is 0 Å². The number of aromatic nitrogens is 2. The number of nitrogens with two attached hydrogens (primary N) is 2. The molecule has 2 heterocycles. The predicted molar refractivity (Wildman–Crippen MR) is 99.1 cm³/mol. The molecule has 25 heavy (non-hydrogen) atoms. The smallest absolute Gasteiger partial charge is 0.271 e. The number of benzene rings is 1. The molecule has 2 aromatic rings. The van der Waals surface area contributed by atoms with E-state index in [1.807, 2.05) is 24.3 Å². The number of hydrogen-bond donors (Lipinski definition) is 3. The molecule has 7 heteroatoms. The number of rotatable bonds is 5. The van der Waals surface area contributed by atoms with Crippen LogP contribution in [0.2, 0.25) is 0 Å². The van der Waals surface area contributed by atoms with E-state index in [2.05, 4.69) is 27.1 Å². The topological polar surface area (TPSA) is 110 Å². The van der Waals surface area contributed by atoms with E-state index in [0.717, 1.165) is 38.0 Å². The van der Waals surface area contributed by atoms with Crippen molar-refractivity contribution in [2.75, 3.05) is 23.3 Å². The molecule has 5 N–H and O–H groups in total. The average Bonchev–Trinajstić information content (AvgIpc) is 2.62. The van der Waals surface area contributed by atoms with Crippen LogP contribution < -0.4 is 21.7 Å². The van der Waals surface area contributed by atoms with Crippen LogP contribution >= 0.6 is 0 Å². The Labute approximate surface area is 147 Å². The minimum absolute atomic E-state index is 0.129. The molecule has 1 fully saturated rings. The van der Waals surface area contributed by atoms with Crippen molar-refractivity contribution in [3.05, 3.63) is 41.7 Å². The minimum atomic E-state index is -0.609. The molecular formula is C18H24N6O. The van der Waals surface area contributed by atoms with Crippen LogP contribution in [0.4, 0.5) is 17.3 Å². The number of piperidine rings is 1. The molecule has 1 aromatic heterocycles. The first-order valence-electron chi connectivity index (χ1n) is 8.60. The van der Waals surface area contributed by atoms with E-state index in [-0.39, 0.29) is 11.7 Å². The lowest BCUT2D eigenvalue weighted by molar-refractivity contribution is 0.0996. The second kappa shape index (κ2) is 7.48. The molecule has 132 valence electrons. The summed E-state index contributed by atoms with van der Waals surface area (Å²) in [5.74, 6) is 0.461. The molecule has 7 nitrogen and oxygen atoms in total. The monoisotopic (exact) mass is 340 g/mol. The number of carbonyl (C=O) groups is 1. The highest BCUT2D eigenvalue weighted by molar-refractivity contribution is 5.96. The zero-order valence-electron chi connectivity index (χ0n) is 14.4. The third-order valence-corrected chi connectivity index (χ3v) is 4.40. The van der Waals surface area contributed by atoms with E-state index in [1.165, 1.54) is 5.56 Å². The van der Waals surface area contributed by atoms with E-state index in [1.54, 1.807) is 6.20 Å². The SMILES string of the molecule is CCc1ccc(Nc2nc(N3CCC[C@@H](N)C3)cnc2C(N)=O)cc1. The Balaban J connectivity index is 1.88. The van der Waals surface area contributed by atoms with Crippen LogP contribution in [0, 0.1) is 0 Å². The van der Waals surface area contributed by atoms with Crippen LogP contribution in [0.3, 0.4) is 0 Å². The molecule has 0 unspecified atom stereocenters. The first kappa shape index (κ1) is 17.2. The molecule has 0 radical (unpaired) electrons. The standard InChI is InChI=1S/C18H24N6O/c1-2-12-5-7-14(8-6-12)22-18-16(17(20)25)21-10-15(23-18)24-9-3-4-13(19)11-24/h5-8,10,13H,2-4,9,11,19H2,1H3,(H2,20,25)(H,22,23)/t13-/m1/s1. The van der Waals surface area contributed by atoms with Crippen molar-refractivity contribution in [1.82, 2.24) is 9.97 Å². The van der Waals surface area contributed by atoms with Gasteiger partial charge < -0.3 is 21.7 Å². The molecule has 1 aromatic carbocycles. The van der Waals surface area contributed by atoms with Crippen LogP contribution in [0.25, 0.3) is 0 Å². The van der Waals surface area contributed by atoms with Gasteiger partial charge in [0.2, 0.25) is 0 Å². The van der Waals surface area contributed by atoms with Crippen molar-refractivity contribution in [2.45, 2.75) is 32.2 Å². The number of anilines is 3. The fourth-order valence-electron chi connectivity index (χ4n) is 2.98. The van der Waals surface area contributed by atoms with Gasteiger partial charge in [0.05, 0.1) is 6.20 Å². The highest BCUT2D eigenvalue weighted by atomic mass is 16.1. The third-order valence-electron chi connectivity index (χ3n) is 4.40. The summed E-state index contributed by atoms with van der Waals surface area (Å²) in [7, 11) is 0. The van der Waals surface area contributed by atoms with Gasteiger partial charge in [-0.2, -0.15) is 0 Å². The summed E-state index contributed by atoms with van der Waals surface area (Å²) in [6.07, 6.45) is 4.58. The molecule has 0 saturated carbocycles. The summed E-state index contributed by atoms with van der Waals surface area (Å²) < 4.78 is 0. The maximum atomic E-state index is 11.7. The largest absolute Gasteiger partial charge is 0.364 e. The lowest BCUT2D eigenvalue weighted by atomic mass is 10.1. The fraction of sp³-hybridized carbons (Fsp3) is 0.389. The molecule has 1 atom stereocenters. The number of hydrogen-bond acceptors (Lipinski definition) is 6. The van der Waals surface area contributed by atoms with Crippen LogP contribution in [-0.2, 0) is 6.42 Å². The van der Waals surface area contributed by atoms with Gasteiger partial charge in [0, 0.05) is 24.8 Å². The van der Waals surface area contributed by atoms with Crippen molar-refractivity contribution in [1.29, 1.82) is 0 Å². The van der Waals surface area contributed by atoms with Gasteiger partial charge in [0.25, 0.3) is 5.91 Å². The summed E-state index contributed by atoms with van der Waals surface area (Å²) in [6, 6.07) is 8.11. The summed E-state index contributed by atoms with van der Waals surface area (Å²) in [5.41, 5.74) is 13.7. The molecule has 1 aliphatic heterocycles. The van der Waals surface area contributed by atoms with Crippen LogP contribution in [-0.4, -0.2) is 35.0 Å². The Hall–Kier alpha value is -2.67. The number of carbonyl (C=O) groups excluding carboxylic acids is 1. The Bertz CT molecular complexity index is 746. The fourth-order valence-corrected chi connectivity index (χ4v) is 2.98. The minimum Gasteiger partial charge on any atom is -0.364 e. The second-order valence-electron chi connectivity index (χ2n) is 6.31. The van der Waals surface area contributed by atoms with Gasteiger partial charge in [0.1, 0.15) is 5.82 Å². The average molecular weight is 340 g/mol. The zero-order chi connectivity index (χ0) is 17.8. The summed E-state index contributed by atoms with van der Waals surface area (Å²) >= 11 is 0. The molecule has 3 rings (SSSR count). The lowest BCUT2D eigenvalue weighted by Gasteiger charge is -2.31. The highest BCUT2D eigenvalue weighted by Gasteiger charge is 2.20. The Kier molecular flexibility index (Phi) is 5.14. The summed E-state index contributed by atoms with van der Waals surface area (Å²) in [6.45, 7) is 3.71. The van der Waals surface area contributed by atoms with Crippen LogP contribution in [0.5, 0.6) is 0 Å². The lowest BCUT2D eigenvalue weighted by Crippen LogP contribution is -2.43. The van der Waals surface area contributed by atoms with Gasteiger partial charge in [-0.05, 0) is 37.0 Å². The maximum Gasteiger partial charge on any atom is 0.271 e. The van der Waals surface area contributed by atoms with Crippen LogP contribution in [0.15, 0.2) is 30.5 Å². The van der Waals surface area contributed by atoms with Gasteiger partial charge in [-0.3, -0.25) is 4.79 Å². The second-order valence-corrected chi connectivity index (χ2v) is 6.31. The molecule has 0 aliphatic carbocycles. The number of primary amides is 1. The first-order chi connectivity index (χ1) is 12.1. The zero-order valence-corrected chi connectivity index (χ0v) is 14.4. The third kappa shape index (κ3) is 4.06. The van der Waals surface area contributed by atoms with E-state index < -0.39 is 5.91 Å². The summed E-state index contributed by atoms with van der Waals surface area (Å²) in [4.78, 5) is 22.6. The van der Waals surface area contributed by atoms with Gasteiger partial charge >= 0.3 is 0 Å². The van der Waals surface area contributed by atoms with E-state index in [4.69, 9.17) is 11.5 Å². The highest BCUT2D eigenvalue weighted by Crippen LogP contribution is 2.23. The van der Waals surface area contributed by atoms with Crippen molar-refractivity contribution >= 4 is 23.2 Å². The van der Waals surface area contributed by atoms with Gasteiger partial charge in [-0.1, -0.05) is 19.1 Å². The molecule has 1 saturated heterocycles. The molecule has 1 aliphatic rings. The molecular weight excluding hydrogens is 316 g/mol. The first-order valence-corrected chi connectivity index (χ1v) is 8.60. The normalized spacial score (nSPS) is 17.4. The van der Waals surface area contributed by atoms with Crippen molar-refractivity contribution < 1.29 is 4.79 Å². The van der Waals surface area contributed by atoms with E-state index in [9.17, 15) is 4.79 Å². The Morgan fingerprint density at radius 2 is 2.12 bits per heavy atom. The van der Waals surface area contributed by atoms with Crippen LogP contribution in [0.1, 0.15) is 35.8 Å². The maximum absolute atomic E-state index is 11.7. The number of aryl methyl sites for hydroxylation is 1. The van der Waals surface area contributed by atoms with Gasteiger partial charge in [-0.15, -0.1) is 0 Å². The number of amides is 1. The van der Waals surface area contributed by atoms with Crippen molar-refractivity contribution in [3.63, 3.8) is 0 Å². The van der Waals surface area contributed by atoms with Crippen molar-refractivity contribution in [3.8, 4) is 0 Å². The molecule has 1 amide bonds. The molecule has 0 bridgehead atoms. The van der Waals surface area contributed by atoms with E-state index in [0.29, 0.717) is 11.6 Å². The Morgan fingerprint density at radius 1 is 1.36 bits per heavy atom. The van der Waals surface area contributed by atoms with Crippen molar-refractivity contribution in [2.24, 2.45) is 11.5 Å². The van der Waals surface area contributed by atoms with Gasteiger partial charge in [0.15, 0.2) is 11.5 Å². The molecule has 0 spiro atoms.